The Balaban J connectivity index is 1.67. The number of hydrogen-bond acceptors (Lipinski definition) is 6. The predicted molar refractivity (Wildman–Crippen MR) is 119 cm³/mol. The quantitative estimate of drug-likeness (QED) is 0.389. The van der Waals surface area contributed by atoms with Crippen molar-refractivity contribution in [2.45, 2.75) is 29.9 Å². The topological polar surface area (TPSA) is 86.3 Å². The summed E-state index contributed by atoms with van der Waals surface area (Å²) in [6.45, 7) is 2.52. The number of para-hydroxylation sites is 1. The highest BCUT2D eigenvalue weighted by atomic mass is 35.5. The van der Waals surface area contributed by atoms with Crippen molar-refractivity contribution in [3.05, 3.63) is 63.9 Å². The first-order valence-electron chi connectivity index (χ1n) is 9.40. The van der Waals surface area contributed by atoms with Gasteiger partial charge in [-0.25, -0.2) is 8.42 Å². The van der Waals surface area contributed by atoms with E-state index < -0.39 is 9.84 Å². The number of aromatic nitrogens is 4. The first kappa shape index (κ1) is 20.9. The highest BCUT2D eigenvalue weighted by Crippen LogP contribution is 2.23. The highest BCUT2D eigenvalue weighted by Gasteiger charge is 2.18. The number of benzene rings is 2. The summed E-state index contributed by atoms with van der Waals surface area (Å²) in [5.74, 6) is 0.705. The molecule has 156 valence electrons. The Bertz CT molecular complexity index is 1380. The molecule has 0 N–H and O–H groups in total. The summed E-state index contributed by atoms with van der Waals surface area (Å²) in [5, 5.41) is 10.1. The summed E-state index contributed by atoms with van der Waals surface area (Å²) >= 11 is 7.14. The molecule has 0 fully saturated rings. The van der Waals surface area contributed by atoms with E-state index >= 15 is 0 Å². The van der Waals surface area contributed by atoms with Crippen LogP contribution < -0.4 is 5.56 Å². The Hall–Kier alpha value is -2.36. The molecular weight excluding hydrogens is 444 g/mol. The number of halogens is 1. The molecule has 0 radical (unpaired) electrons. The van der Waals surface area contributed by atoms with Crippen LogP contribution in [0.5, 0.6) is 0 Å². The third kappa shape index (κ3) is 3.84. The molecule has 0 unspecified atom stereocenters. The van der Waals surface area contributed by atoms with Gasteiger partial charge in [-0.05, 0) is 42.8 Å². The number of nitrogens with zero attached hydrogens (tertiary/aromatic N) is 4. The molecule has 0 bridgehead atoms. The fourth-order valence-electron chi connectivity index (χ4n) is 3.25. The van der Waals surface area contributed by atoms with E-state index in [-0.39, 0.29) is 16.2 Å². The number of thioether (sulfide) groups is 1. The number of sulfone groups is 1. The molecule has 0 aliphatic rings. The molecule has 2 aromatic carbocycles. The maximum atomic E-state index is 12.9. The van der Waals surface area contributed by atoms with Crippen LogP contribution in [0.1, 0.15) is 13.3 Å². The van der Waals surface area contributed by atoms with E-state index in [1.807, 2.05) is 29.5 Å². The van der Waals surface area contributed by atoms with Crippen LogP contribution in [-0.2, 0) is 16.4 Å². The maximum Gasteiger partial charge on any atom is 0.262 e. The Kier molecular flexibility index (Phi) is 5.86. The van der Waals surface area contributed by atoms with E-state index in [1.165, 1.54) is 23.9 Å². The van der Waals surface area contributed by atoms with Crippen molar-refractivity contribution in [2.24, 2.45) is 0 Å². The molecule has 2 aromatic heterocycles. The largest absolute Gasteiger partial charge is 0.276 e. The van der Waals surface area contributed by atoms with Gasteiger partial charge in [0.25, 0.3) is 5.56 Å². The van der Waals surface area contributed by atoms with E-state index in [9.17, 15) is 13.2 Å². The van der Waals surface area contributed by atoms with E-state index in [0.717, 1.165) is 6.42 Å². The highest BCUT2D eigenvalue weighted by molar-refractivity contribution is 8.00. The second kappa shape index (κ2) is 8.41. The van der Waals surface area contributed by atoms with Crippen LogP contribution in [0.3, 0.4) is 0 Å². The summed E-state index contributed by atoms with van der Waals surface area (Å²) in [6, 6.07) is 13.4. The van der Waals surface area contributed by atoms with Gasteiger partial charge in [0, 0.05) is 17.3 Å². The Morgan fingerprint density at radius 1 is 1.07 bits per heavy atom. The first-order valence-corrected chi connectivity index (χ1v) is 12.4. The van der Waals surface area contributed by atoms with Gasteiger partial charge < -0.3 is 0 Å². The van der Waals surface area contributed by atoms with Crippen molar-refractivity contribution in [1.82, 2.24) is 19.2 Å². The normalized spacial score (nSPS) is 12.1. The van der Waals surface area contributed by atoms with Gasteiger partial charge in [-0.2, -0.15) is 0 Å². The lowest BCUT2D eigenvalue weighted by Gasteiger charge is -2.10. The molecule has 10 heteroatoms. The smallest absolute Gasteiger partial charge is 0.262 e. The number of rotatable bonds is 7. The van der Waals surface area contributed by atoms with Gasteiger partial charge in [0.2, 0.25) is 5.78 Å². The van der Waals surface area contributed by atoms with Crippen LogP contribution in [0.15, 0.2) is 63.4 Å². The summed E-state index contributed by atoms with van der Waals surface area (Å²) in [5.41, 5.74) is 0.604. The summed E-state index contributed by atoms with van der Waals surface area (Å²) in [6.07, 6.45) is 0.780. The van der Waals surface area contributed by atoms with Gasteiger partial charge in [0.1, 0.15) is 0 Å². The van der Waals surface area contributed by atoms with Crippen LogP contribution in [0.25, 0.3) is 16.7 Å². The lowest BCUT2D eigenvalue weighted by Crippen LogP contribution is -2.23. The van der Waals surface area contributed by atoms with Gasteiger partial charge in [-0.3, -0.25) is 13.8 Å². The van der Waals surface area contributed by atoms with Crippen molar-refractivity contribution in [3.63, 3.8) is 0 Å². The van der Waals surface area contributed by atoms with Gasteiger partial charge in [-0.1, -0.05) is 42.4 Å². The minimum absolute atomic E-state index is 0.0548. The molecule has 4 aromatic rings. The molecule has 0 amide bonds. The van der Waals surface area contributed by atoms with E-state index in [2.05, 4.69) is 10.2 Å². The van der Waals surface area contributed by atoms with Gasteiger partial charge in [0.05, 0.1) is 21.6 Å². The van der Waals surface area contributed by atoms with E-state index in [1.54, 1.807) is 22.8 Å². The average molecular weight is 463 g/mol. The van der Waals surface area contributed by atoms with Gasteiger partial charge >= 0.3 is 0 Å². The molecule has 0 saturated carbocycles. The molecular formula is C20H19ClN4O3S2. The summed E-state index contributed by atoms with van der Waals surface area (Å²) in [7, 11) is -3.44. The van der Waals surface area contributed by atoms with Crippen molar-refractivity contribution in [1.29, 1.82) is 0 Å². The molecule has 30 heavy (non-hydrogen) atoms. The number of hydrogen-bond donors (Lipinski definition) is 0. The van der Waals surface area contributed by atoms with Crippen LogP contribution in [0.2, 0.25) is 5.02 Å². The maximum absolute atomic E-state index is 12.9. The Labute approximate surface area is 182 Å². The third-order valence-corrected chi connectivity index (χ3v) is 7.85. The third-order valence-electron chi connectivity index (χ3n) is 4.68. The lowest BCUT2D eigenvalue weighted by molar-refractivity contribution is 0.597. The van der Waals surface area contributed by atoms with Crippen molar-refractivity contribution < 1.29 is 8.42 Å². The minimum atomic E-state index is -3.44. The SMILES string of the molecule is CCCn1c(=O)c2ccccc2n2c(SCCS(=O)(=O)c3ccc(Cl)cc3)nnc12. The predicted octanol–water partition coefficient (Wildman–Crippen LogP) is 3.67. The van der Waals surface area contributed by atoms with Crippen molar-refractivity contribution in [3.8, 4) is 0 Å². The zero-order valence-corrected chi connectivity index (χ0v) is 18.5. The number of aryl methyl sites for hydroxylation is 1. The van der Waals surface area contributed by atoms with E-state index in [0.29, 0.717) is 39.2 Å². The minimum Gasteiger partial charge on any atom is -0.276 e. The molecule has 0 spiro atoms. The van der Waals surface area contributed by atoms with Crippen molar-refractivity contribution in [2.75, 3.05) is 11.5 Å². The molecule has 0 aliphatic heterocycles. The first-order chi connectivity index (χ1) is 14.4. The van der Waals surface area contributed by atoms with Crippen molar-refractivity contribution >= 4 is 49.9 Å². The fourth-order valence-corrected chi connectivity index (χ4v) is 5.97. The molecule has 7 nitrogen and oxygen atoms in total. The molecule has 0 atom stereocenters. The lowest BCUT2D eigenvalue weighted by atomic mass is 10.2. The van der Waals surface area contributed by atoms with Crippen LogP contribution in [-0.4, -0.2) is 39.1 Å². The van der Waals surface area contributed by atoms with E-state index in [4.69, 9.17) is 11.6 Å². The summed E-state index contributed by atoms with van der Waals surface area (Å²) in [4.78, 5) is 13.1. The van der Waals surface area contributed by atoms with Crippen LogP contribution in [0, 0.1) is 0 Å². The zero-order valence-electron chi connectivity index (χ0n) is 16.2. The Morgan fingerprint density at radius 2 is 1.80 bits per heavy atom. The Morgan fingerprint density at radius 3 is 2.53 bits per heavy atom. The van der Waals surface area contributed by atoms with Gasteiger partial charge in [0.15, 0.2) is 15.0 Å². The number of fused-ring (bicyclic) bond motifs is 3. The molecule has 4 rings (SSSR count). The zero-order chi connectivity index (χ0) is 21.3. The molecule has 0 aliphatic carbocycles. The fraction of sp³-hybridized carbons (Fsp3) is 0.250. The molecule has 2 heterocycles. The van der Waals surface area contributed by atoms with Crippen LogP contribution >= 0.6 is 23.4 Å². The van der Waals surface area contributed by atoms with Gasteiger partial charge in [-0.15, -0.1) is 10.2 Å². The van der Waals surface area contributed by atoms with Crippen LogP contribution in [0.4, 0.5) is 0 Å². The monoisotopic (exact) mass is 462 g/mol. The second-order valence-electron chi connectivity index (χ2n) is 6.71. The second-order valence-corrected chi connectivity index (χ2v) is 10.3. The standard InChI is InChI=1S/C20H19ClN4O3S2/c1-2-11-24-18(26)16-5-3-4-6-17(16)25-19(24)22-23-20(25)29-12-13-30(27,28)15-9-7-14(21)8-10-15/h3-10H,2,11-13H2,1H3. The summed E-state index contributed by atoms with van der Waals surface area (Å²) < 4.78 is 28.6. The average Bonchev–Trinajstić information content (AvgIpc) is 3.15. The molecule has 0 saturated heterocycles.